The third kappa shape index (κ3) is 4.56. The fraction of sp³-hybridized carbons (Fsp3) is 0.0357. The van der Waals surface area contributed by atoms with Crippen LogP contribution in [0.5, 0.6) is 0 Å². The fourth-order valence-electron chi connectivity index (χ4n) is 3.62. The van der Waals surface area contributed by atoms with Gasteiger partial charge in [-0.05, 0) is 48.4 Å². The zero-order valence-corrected chi connectivity index (χ0v) is 18.6. The second-order valence-electron chi connectivity index (χ2n) is 7.82. The molecule has 5 aromatic rings. The highest BCUT2D eigenvalue weighted by Crippen LogP contribution is 2.27. The Labute approximate surface area is 197 Å². The number of aryl methyl sites for hydroxylation is 1. The summed E-state index contributed by atoms with van der Waals surface area (Å²) in [7, 11) is 0. The van der Waals surface area contributed by atoms with Crippen LogP contribution in [0.4, 0.5) is 0 Å². The highest BCUT2D eigenvalue weighted by Gasteiger charge is 2.17. The molecule has 0 bridgehead atoms. The standard InChI is InChI=1S/C28H22N4O2/c1-20-9-15-24(16-10-20)32-27(23-13-11-22(12-14-23)21-6-3-2-4-7-21)18-26(31-32)28(33)30-29-19-25-8-5-17-34-25/h2-19H,1H3,(H,30,33)/b29-19-. The van der Waals surface area contributed by atoms with E-state index in [-0.39, 0.29) is 5.69 Å². The van der Waals surface area contributed by atoms with E-state index < -0.39 is 5.91 Å². The second kappa shape index (κ2) is 9.42. The van der Waals surface area contributed by atoms with Crippen molar-refractivity contribution in [3.63, 3.8) is 0 Å². The average Bonchev–Trinajstić information content (AvgIpc) is 3.56. The Kier molecular flexibility index (Phi) is 5.86. The van der Waals surface area contributed by atoms with Gasteiger partial charge in [-0.25, -0.2) is 10.1 Å². The van der Waals surface area contributed by atoms with Gasteiger partial charge >= 0.3 is 0 Å². The summed E-state index contributed by atoms with van der Waals surface area (Å²) in [5.41, 5.74) is 8.82. The Morgan fingerprint density at radius 2 is 1.59 bits per heavy atom. The molecule has 5 rings (SSSR count). The summed E-state index contributed by atoms with van der Waals surface area (Å²) in [6, 6.07) is 31.7. The molecule has 0 aliphatic heterocycles. The fourth-order valence-corrected chi connectivity index (χ4v) is 3.62. The summed E-state index contributed by atoms with van der Waals surface area (Å²) in [5.74, 6) is 0.139. The van der Waals surface area contributed by atoms with Gasteiger partial charge in [-0.2, -0.15) is 10.2 Å². The van der Waals surface area contributed by atoms with Crippen LogP contribution in [-0.4, -0.2) is 21.9 Å². The molecule has 1 N–H and O–H groups in total. The summed E-state index contributed by atoms with van der Waals surface area (Å²) >= 11 is 0. The quantitative estimate of drug-likeness (QED) is 0.262. The van der Waals surface area contributed by atoms with Gasteiger partial charge in [-0.1, -0.05) is 72.3 Å². The van der Waals surface area contributed by atoms with Gasteiger partial charge in [0.25, 0.3) is 5.91 Å². The van der Waals surface area contributed by atoms with E-state index in [1.807, 2.05) is 61.5 Å². The van der Waals surface area contributed by atoms with Gasteiger partial charge in [0.15, 0.2) is 5.69 Å². The molecule has 0 saturated carbocycles. The molecule has 0 saturated heterocycles. The van der Waals surface area contributed by atoms with Gasteiger partial charge < -0.3 is 4.42 Å². The van der Waals surface area contributed by atoms with Gasteiger partial charge in [-0.15, -0.1) is 0 Å². The first kappa shape index (κ1) is 21.2. The molecule has 0 aliphatic rings. The van der Waals surface area contributed by atoms with Crippen LogP contribution in [0.1, 0.15) is 21.8 Å². The van der Waals surface area contributed by atoms with Crippen molar-refractivity contribution in [2.45, 2.75) is 6.92 Å². The maximum atomic E-state index is 12.8. The van der Waals surface area contributed by atoms with Crippen molar-refractivity contribution in [1.29, 1.82) is 0 Å². The van der Waals surface area contributed by atoms with Crippen LogP contribution in [0, 0.1) is 6.92 Å². The minimum Gasteiger partial charge on any atom is -0.463 e. The summed E-state index contributed by atoms with van der Waals surface area (Å²) in [6.07, 6.45) is 2.99. The van der Waals surface area contributed by atoms with E-state index in [1.165, 1.54) is 6.21 Å². The number of hydrogen-bond acceptors (Lipinski definition) is 4. The lowest BCUT2D eigenvalue weighted by molar-refractivity contribution is 0.0949. The monoisotopic (exact) mass is 446 g/mol. The maximum Gasteiger partial charge on any atom is 0.291 e. The largest absolute Gasteiger partial charge is 0.463 e. The molecule has 6 nitrogen and oxygen atoms in total. The zero-order valence-electron chi connectivity index (χ0n) is 18.6. The van der Waals surface area contributed by atoms with Crippen molar-refractivity contribution < 1.29 is 9.21 Å². The Morgan fingerprint density at radius 3 is 2.29 bits per heavy atom. The number of rotatable bonds is 6. The normalized spacial score (nSPS) is 11.1. The number of hydrazone groups is 1. The number of carbonyl (C=O) groups excluding carboxylic acids is 1. The van der Waals surface area contributed by atoms with E-state index in [9.17, 15) is 4.79 Å². The lowest BCUT2D eigenvalue weighted by Gasteiger charge is -2.09. The predicted molar refractivity (Wildman–Crippen MR) is 133 cm³/mol. The molecule has 0 atom stereocenters. The van der Waals surface area contributed by atoms with Crippen LogP contribution in [0.2, 0.25) is 0 Å². The molecule has 0 radical (unpaired) electrons. The van der Waals surface area contributed by atoms with Crippen LogP contribution in [0.3, 0.4) is 0 Å². The predicted octanol–water partition coefficient (Wildman–Crippen LogP) is 5.87. The summed E-state index contributed by atoms with van der Waals surface area (Å²) in [6.45, 7) is 2.03. The first-order chi connectivity index (χ1) is 16.7. The number of carbonyl (C=O) groups is 1. The van der Waals surface area contributed by atoms with E-state index in [1.54, 1.807) is 29.1 Å². The van der Waals surface area contributed by atoms with Crippen molar-refractivity contribution in [1.82, 2.24) is 15.2 Å². The second-order valence-corrected chi connectivity index (χ2v) is 7.82. The summed E-state index contributed by atoms with van der Waals surface area (Å²) in [5, 5.41) is 8.55. The van der Waals surface area contributed by atoms with E-state index >= 15 is 0 Å². The molecule has 2 aromatic heterocycles. The molecular weight excluding hydrogens is 424 g/mol. The van der Waals surface area contributed by atoms with Gasteiger partial charge in [0.05, 0.1) is 23.9 Å². The van der Waals surface area contributed by atoms with Crippen molar-refractivity contribution in [2.24, 2.45) is 5.10 Å². The van der Waals surface area contributed by atoms with E-state index in [0.29, 0.717) is 5.76 Å². The van der Waals surface area contributed by atoms with Crippen molar-refractivity contribution in [3.8, 4) is 28.1 Å². The molecule has 2 heterocycles. The van der Waals surface area contributed by atoms with Crippen LogP contribution in [-0.2, 0) is 0 Å². The number of aromatic nitrogens is 2. The molecule has 6 heteroatoms. The molecule has 0 spiro atoms. The first-order valence-corrected chi connectivity index (χ1v) is 10.9. The van der Waals surface area contributed by atoms with Crippen LogP contribution < -0.4 is 5.43 Å². The number of nitrogens with one attached hydrogen (secondary N) is 1. The lowest BCUT2D eigenvalue weighted by atomic mass is 10.0. The van der Waals surface area contributed by atoms with Crippen molar-refractivity contribution >= 4 is 12.1 Å². The van der Waals surface area contributed by atoms with Gasteiger partial charge in [0.1, 0.15) is 5.76 Å². The average molecular weight is 447 g/mol. The topological polar surface area (TPSA) is 72.4 Å². The molecule has 0 fully saturated rings. The maximum absolute atomic E-state index is 12.8. The Hall–Kier alpha value is -4.71. The Bertz CT molecular complexity index is 1420. The molecule has 166 valence electrons. The molecule has 34 heavy (non-hydrogen) atoms. The van der Waals surface area contributed by atoms with Crippen LogP contribution in [0.15, 0.2) is 113 Å². The first-order valence-electron chi connectivity index (χ1n) is 10.9. The number of nitrogens with zero attached hydrogens (tertiary/aromatic N) is 3. The third-order valence-electron chi connectivity index (χ3n) is 5.41. The molecule has 0 aliphatic carbocycles. The summed E-state index contributed by atoms with van der Waals surface area (Å²) < 4.78 is 6.97. The van der Waals surface area contributed by atoms with Crippen LogP contribution >= 0.6 is 0 Å². The SMILES string of the molecule is Cc1ccc(-n2nc(C(=O)N/N=C\c3ccco3)cc2-c2ccc(-c3ccccc3)cc2)cc1. The summed E-state index contributed by atoms with van der Waals surface area (Å²) in [4.78, 5) is 12.8. The molecule has 3 aromatic carbocycles. The van der Waals surface area contributed by atoms with Gasteiger partial charge in [0.2, 0.25) is 0 Å². The number of benzene rings is 3. The highest BCUT2D eigenvalue weighted by molar-refractivity contribution is 5.94. The molecule has 0 unspecified atom stereocenters. The van der Waals surface area contributed by atoms with Gasteiger partial charge in [0, 0.05) is 5.56 Å². The minimum absolute atomic E-state index is 0.263. The van der Waals surface area contributed by atoms with E-state index in [2.05, 4.69) is 39.9 Å². The van der Waals surface area contributed by atoms with E-state index in [0.717, 1.165) is 33.6 Å². The molecular formula is C28H22N4O2. The Balaban J connectivity index is 1.48. The minimum atomic E-state index is -0.407. The van der Waals surface area contributed by atoms with Crippen molar-refractivity contribution in [3.05, 3.63) is 120 Å². The Morgan fingerprint density at radius 1 is 0.882 bits per heavy atom. The smallest absolute Gasteiger partial charge is 0.291 e. The molecule has 1 amide bonds. The number of hydrogen-bond donors (Lipinski definition) is 1. The third-order valence-corrected chi connectivity index (χ3v) is 5.41. The van der Waals surface area contributed by atoms with Crippen molar-refractivity contribution in [2.75, 3.05) is 0 Å². The number of furan rings is 1. The van der Waals surface area contributed by atoms with E-state index in [4.69, 9.17) is 4.42 Å². The highest BCUT2D eigenvalue weighted by atomic mass is 16.3. The lowest BCUT2D eigenvalue weighted by Crippen LogP contribution is -2.18. The van der Waals surface area contributed by atoms with Crippen LogP contribution in [0.25, 0.3) is 28.1 Å². The zero-order chi connectivity index (χ0) is 23.3. The number of amides is 1. The van der Waals surface area contributed by atoms with Gasteiger partial charge in [-0.3, -0.25) is 4.79 Å².